The standard InChI is InChI=1S/C40H46O10.2C2H6/c1-5-37(41)47-26-12-8-6-10-24-45-33-18-14-31(15-19-33)39(43)49-35-22-23-36(30(4)28-35)50-40(44)32-16-20-34(21-17-32)46-25-11-7-9-13-27-48-38(42)29(2)3;2*1-2/h5,14-23,28H,1-2,6-13,24-27H2,3-4H3;2*1-2H3. The molecule has 0 saturated carbocycles. The topological polar surface area (TPSA) is 124 Å². The zero-order valence-electron chi connectivity index (χ0n) is 32.9. The van der Waals surface area contributed by atoms with Crippen LogP contribution >= 0.6 is 0 Å². The quantitative estimate of drug-likeness (QED) is 0.0425. The third kappa shape index (κ3) is 18.9. The summed E-state index contributed by atoms with van der Waals surface area (Å²) < 4.78 is 32.7. The van der Waals surface area contributed by atoms with E-state index in [0.717, 1.165) is 57.4 Å². The van der Waals surface area contributed by atoms with E-state index in [0.29, 0.717) is 71.7 Å². The van der Waals surface area contributed by atoms with Crippen molar-refractivity contribution in [2.45, 2.75) is 92.9 Å². The van der Waals surface area contributed by atoms with Crippen LogP contribution in [0.3, 0.4) is 0 Å². The van der Waals surface area contributed by atoms with Crippen LogP contribution in [-0.4, -0.2) is 50.3 Å². The number of unbranched alkanes of at least 4 members (excludes halogenated alkanes) is 6. The molecule has 0 atom stereocenters. The molecule has 3 aromatic rings. The zero-order chi connectivity index (χ0) is 40.1. The van der Waals surface area contributed by atoms with Crippen LogP contribution in [-0.2, 0) is 19.1 Å². The summed E-state index contributed by atoms with van der Waals surface area (Å²) in [5.74, 6) is 0.150. The van der Waals surface area contributed by atoms with Gasteiger partial charge in [0.25, 0.3) is 0 Å². The number of carbonyl (C=O) groups excluding carboxylic acids is 4. The van der Waals surface area contributed by atoms with Gasteiger partial charge in [0, 0.05) is 11.6 Å². The Bertz CT molecular complexity index is 1580. The number of carbonyl (C=O) groups is 4. The number of benzene rings is 3. The average Bonchev–Trinajstić information content (AvgIpc) is 3.19. The Kier molecular flexibility index (Phi) is 24.3. The molecule has 0 aromatic heterocycles. The summed E-state index contributed by atoms with van der Waals surface area (Å²) in [6.07, 6.45) is 8.18. The molecule has 0 heterocycles. The highest BCUT2D eigenvalue weighted by Crippen LogP contribution is 2.26. The molecule has 0 bridgehead atoms. The van der Waals surface area contributed by atoms with Gasteiger partial charge in [-0.3, -0.25) is 0 Å². The molecule has 3 rings (SSSR count). The lowest BCUT2D eigenvalue weighted by molar-refractivity contribution is -0.139. The summed E-state index contributed by atoms with van der Waals surface area (Å²) in [6, 6.07) is 18.2. The number of esters is 4. The normalized spacial score (nSPS) is 9.89. The molecule has 54 heavy (non-hydrogen) atoms. The first-order valence-electron chi connectivity index (χ1n) is 18.8. The highest BCUT2D eigenvalue weighted by molar-refractivity contribution is 5.92. The van der Waals surface area contributed by atoms with Crippen LogP contribution in [0.5, 0.6) is 23.0 Å². The second kappa shape index (κ2) is 28.2. The summed E-state index contributed by atoms with van der Waals surface area (Å²) in [7, 11) is 0. The molecule has 10 heteroatoms. The van der Waals surface area contributed by atoms with E-state index in [9.17, 15) is 19.2 Å². The van der Waals surface area contributed by atoms with E-state index in [4.69, 9.17) is 28.4 Å². The van der Waals surface area contributed by atoms with Gasteiger partial charge in [-0.15, -0.1) is 0 Å². The maximum atomic E-state index is 12.8. The molecule has 0 aliphatic rings. The van der Waals surface area contributed by atoms with Crippen LogP contribution in [0.1, 0.15) is 112 Å². The van der Waals surface area contributed by atoms with E-state index in [2.05, 4.69) is 13.2 Å². The van der Waals surface area contributed by atoms with E-state index in [1.165, 1.54) is 0 Å². The fraction of sp³-hybridized carbons (Fsp3) is 0.409. The van der Waals surface area contributed by atoms with Crippen LogP contribution in [0.15, 0.2) is 91.5 Å². The summed E-state index contributed by atoms with van der Waals surface area (Å²) in [4.78, 5) is 47.9. The Morgan fingerprint density at radius 2 is 1.00 bits per heavy atom. The van der Waals surface area contributed by atoms with Crippen LogP contribution in [0, 0.1) is 6.92 Å². The number of rotatable bonds is 22. The molecular formula is C44H58O10. The summed E-state index contributed by atoms with van der Waals surface area (Å²) >= 11 is 0. The molecule has 0 radical (unpaired) electrons. The largest absolute Gasteiger partial charge is 0.494 e. The number of hydrogen-bond donors (Lipinski definition) is 0. The van der Waals surface area contributed by atoms with Gasteiger partial charge in [0.05, 0.1) is 37.6 Å². The van der Waals surface area contributed by atoms with Crippen molar-refractivity contribution in [1.29, 1.82) is 0 Å². The van der Waals surface area contributed by atoms with Gasteiger partial charge in [0.1, 0.15) is 23.0 Å². The third-order valence-corrected chi connectivity index (χ3v) is 7.35. The molecule has 0 unspecified atom stereocenters. The molecule has 0 saturated heterocycles. The minimum atomic E-state index is -0.526. The molecule has 0 spiro atoms. The monoisotopic (exact) mass is 746 g/mol. The van der Waals surface area contributed by atoms with E-state index < -0.39 is 17.9 Å². The van der Waals surface area contributed by atoms with Gasteiger partial charge in [-0.25, -0.2) is 19.2 Å². The molecule has 0 aliphatic carbocycles. The number of ether oxygens (including phenoxy) is 6. The fourth-order valence-corrected chi connectivity index (χ4v) is 4.51. The van der Waals surface area contributed by atoms with Crippen LogP contribution < -0.4 is 18.9 Å². The minimum Gasteiger partial charge on any atom is -0.494 e. The maximum absolute atomic E-state index is 12.8. The second-order valence-electron chi connectivity index (χ2n) is 11.6. The van der Waals surface area contributed by atoms with Crippen molar-refractivity contribution in [2.24, 2.45) is 0 Å². The van der Waals surface area contributed by atoms with E-state index >= 15 is 0 Å². The van der Waals surface area contributed by atoms with E-state index in [1.807, 2.05) is 27.7 Å². The molecule has 0 amide bonds. The first kappa shape index (κ1) is 46.6. The average molecular weight is 747 g/mol. The first-order valence-corrected chi connectivity index (χ1v) is 18.8. The highest BCUT2D eigenvalue weighted by atomic mass is 16.5. The van der Waals surface area contributed by atoms with Crippen molar-refractivity contribution < 1.29 is 47.6 Å². The van der Waals surface area contributed by atoms with E-state index in [-0.39, 0.29) is 5.97 Å². The predicted octanol–water partition coefficient (Wildman–Crippen LogP) is 10.2. The van der Waals surface area contributed by atoms with E-state index in [1.54, 1.807) is 80.6 Å². The molecule has 0 fully saturated rings. The Balaban J connectivity index is 0.00000352. The second-order valence-corrected chi connectivity index (χ2v) is 11.6. The predicted molar refractivity (Wildman–Crippen MR) is 212 cm³/mol. The lowest BCUT2D eigenvalue weighted by Crippen LogP contribution is -2.10. The van der Waals surface area contributed by atoms with Gasteiger partial charge in [0.2, 0.25) is 0 Å². The highest BCUT2D eigenvalue weighted by Gasteiger charge is 2.14. The van der Waals surface area contributed by atoms with Gasteiger partial charge in [-0.2, -0.15) is 0 Å². The summed E-state index contributed by atoms with van der Waals surface area (Å²) in [5, 5.41) is 0. The smallest absolute Gasteiger partial charge is 0.343 e. The Hall–Kier alpha value is -5.38. The van der Waals surface area contributed by atoms with Crippen molar-refractivity contribution in [3.63, 3.8) is 0 Å². The van der Waals surface area contributed by atoms with Gasteiger partial charge in [-0.1, -0.05) is 40.9 Å². The van der Waals surface area contributed by atoms with Gasteiger partial charge >= 0.3 is 23.9 Å². The number of hydrogen-bond acceptors (Lipinski definition) is 10. The molecule has 10 nitrogen and oxygen atoms in total. The molecule has 294 valence electrons. The Morgan fingerprint density at radius 1 is 0.574 bits per heavy atom. The van der Waals surface area contributed by atoms with Crippen molar-refractivity contribution >= 4 is 23.9 Å². The zero-order valence-corrected chi connectivity index (χ0v) is 32.9. The van der Waals surface area contributed by atoms with Gasteiger partial charge in [-0.05, 0) is 138 Å². The third-order valence-electron chi connectivity index (χ3n) is 7.35. The van der Waals surface area contributed by atoms with Gasteiger partial charge in [0.15, 0.2) is 0 Å². The number of aryl methyl sites for hydroxylation is 1. The minimum absolute atomic E-state index is 0.319. The molecule has 3 aromatic carbocycles. The molecule has 0 aliphatic heterocycles. The fourth-order valence-electron chi connectivity index (χ4n) is 4.51. The summed E-state index contributed by atoms with van der Waals surface area (Å²) in [5.41, 5.74) is 1.76. The van der Waals surface area contributed by atoms with Crippen molar-refractivity contribution in [3.8, 4) is 23.0 Å². The SMILES string of the molecule is C=CC(=O)OCCCCCCOc1ccc(C(=O)Oc2ccc(OC(=O)c3ccc(OCCCCCCOC(=O)C(=C)C)cc3)c(C)c2)cc1.CC.CC. The lowest BCUT2D eigenvalue weighted by atomic mass is 10.2. The van der Waals surface area contributed by atoms with Crippen molar-refractivity contribution in [3.05, 3.63) is 108 Å². The molecule has 0 N–H and O–H groups in total. The molecular weight excluding hydrogens is 688 g/mol. The Labute approximate surface area is 321 Å². The van der Waals surface area contributed by atoms with Crippen LogP contribution in [0.2, 0.25) is 0 Å². The first-order chi connectivity index (χ1) is 26.2. The van der Waals surface area contributed by atoms with Gasteiger partial charge < -0.3 is 28.4 Å². The maximum Gasteiger partial charge on any atom is 0.343 e. The van der Waals surface area contributed by atoms with Crippen molar-refractivity contribution in [2.75, 3.05) is 26.4 Å². The van der Waals surface area contributed by atoms with Crippen LogP contribution in [0.4, 0.5) is 0 Å². The summed E-state index contributed by atoms with van der Waals surface area (Å²) in [6.45, 7) is 20.1. The lowest BCUT2D eigenvalue weighted by Gasteiger charge is -2.11. The van der Waals surface area contributed by atoms with Crippen LogP contribution in [0.25, 0.3) is 0 Å². The van der Waals surface area contributed by atoms with Crippen molar-refractivity contribution in [1.82, 2.24) is 0 Å². The Morgan fingerprint density at radius 3 is 1.44 bits per heavy atom.